The number of halogens is 1. The minimum absolute atomic E-state index is 0.0181. The van der Waals surface area contributed by atoms with Crippen LogP contribution in [0.2, 0.25) is 0 Å². The van der Waals surface area contributed by atoms with Gasteiger partial charge in [-0.2, -0.15) is 0 Å². The van der Waals surface area contributed by atoms with Gasteiger partial charge in [0.05, 0.1) is 12.2 Å². The molecule has 5 nitrogen and oxygen atoms in total. The van der Waals surface area contributed by atoms with E-state index >= 15 is 0 Å². The molecule has 1 aliphatic heterocycles. The SMILES string of the molecule is O=C(NCC(=O)N1CCCC1)Nc1ccccc1I. The molecular formula is C13H16IN3O2. The van der Waals surface area contributed by atoms with Crippen LogP contribution in [0.25, 0.3) is 0 Å². The van der Waals surface area contributed by atoms with Gasteiger partial charge in [-0.25, -0.2) is 4.79 Å². The van der Waals surface area contributed by atoms with E-state index in [0.29, 0.717) is 0 Å². The maximum absolute atomic E-state index is 11.8. The van der Waals surface area contributed by atoms with Crippen molar-refractivity contribution in [1.29, 1.82) is 0 Å². The van der Waals surface area contributed by atoms with E-state index in [9.17, 15) is 9.59 Å². The third-order valence-corrected chi connectivity index (χ3v) is 3.92. The zero-order chi connectivity index (χ0) is 13.7. The van der Waals surface area contributed by atoms with Gasteiger partial charge in [0, 0.05) is 16.7 Å². The fourth-order valence-electron chi connectivity index (χ4n) is 1.96. The normalized spacial score (nSPS) is 14.3. The number of para-hydroxylation sites is 1. The minimum atomic E-state index is -0.350. The molecule has 1 aliphatic rings. The van der Waals surface area contributed by atoms with E-state index in [-0.39, 0.29) is 18.5 Å². The number of hydrogen-bond acceptors (Lipinski definition) is 2. The highest BCUT2D eigenvalue weighted by atomic mass is 127. The number of urea groups is 1. The number of hydrogen-bond donors (Lipinski definition) is 2. The van der Waals surface area contributed by atoms with Crippen molar-refractivity contribution in [3.05, 3.63) is 27.8 Å². The van der Waals surface area contributed by atoms with Gasteiger partial charge in [-0.05, 0) is 47.6 Å². The number of benzene rings is 1. The van der Waals surface area contributed by atoms with Crippen LogP contribution in [0.15, 0.2) is 24.3 Å². The lowest BCUT2D eigenvalue weighted by molar-refractivity contribution is -0.128. The fourth-order valence-corrected chi connectivity index (χ4v) is 2.49. The number of likely N-dealkylation sites (tertiary alicyclic amines) is 1. The second kappa shape index (κ2) is 6.74. The third kappa shape index (κ3) is 4.09. The van der Waals surface area contributed by atoms with E-state index in [1.807, 2.05) is 24.3 Å². The van der Waals surface area contributed by atoms with Crippen LogP contribution in [-0.2, 0) is 4.79 Å². The van der Waals surface area contributed by atoms with Crippen molar-refractivity contribution in [3.8, 4) is 0 Å². The molecule has 1 saturated heterocycles. The van der Waals surface area contributed by atoms with Gasteiger partial charge in [0.25, 0.3) is 0 Å². The number of carbonyl (C=O) groups is 2. The number of amides is 3. The van der Waals surface area contributed by atoms with Gasteiger partial charge in [0.15, 0.2) is 0 Å². The van der Waals surface area contributed by atoms with Crippen LogP contribution < -0.4 is 10.6 Å². The largest absolute Gasteiger partial charge is 0.341 e. The van der Waals surface area contributed by atoms with Gasteiger partial charge in [0.2, 0.25) is 5.91 Å². The maximum Gasteiger partial charge on any atom is 0.319 e. The summed E-state index contributed by atoms with van der Waals surface area (Å²) in [6.07, 6.45) is 2.11. The third-order valence-electron chi connectivity index (χ3n) is 2.98. The van der Waals surface area contributed by atoms with Crippen molar-refractivity contribution in [2.45, 2.75) is 12.8 Å². The van der Waals surface area contributed by atoms with Gasteiger partial charge in [-0.1, -0.05) is 12.1 Å². The Morgan fingerprint density at radius 2 is 1.89 bits per heavy atom. The summed E-state index contributed by atoms with van der Waals surface area (Å²) < 4.78 is 0.959. The highest BCUT2D eigenvalue weighted by molar-refractivity contribution is 14.1. The summed E-state index contributed by atoms with van der Waals surface area (Å²) >= 11 is 2.15. The first-order valence-corrected chi connectivity index (χ1v) is 7.32. The summed E-state index contributed by atoms with van der Waals surface area (Å²) in [5, 5.41) is 5.32. The van der Waals surface area contributed by atoms with E-state index in [2.05, 4.69) is 33.2 Å². The Bertz CT molecular complexity index is 473. The second-order valence-corrected chi connectivity index (χ2v) is 5.54. The van der Waals surface area contributed by atoms with Crippen molar-refractivity contribution >= 4 is 40.2 Å². The Hall–Kier alpha value is -1.31. The zero-order valence-corrected chi connectivity index (χ0v) is 12.6. The standard InChI is InChI=1S/C13H16IN3O2/c14-10-5-1-2-6-11(10)16-13(19)15-9-12(18)17-7-3-4-8-17/h1-2,5-6H,3-4,7-9H2,(H2,15,16,19). The smallest absolute Gasteiger partial charge is 0.319 e. The molecule has 0 atom stereocenters. The first kappa shape index (κ1) is 14.1. The molecule has 1 aromatic carbocycles. The molecule has 6 heteroatoms. The van der Waals surface area contributed by atoms with E-state index in [4.69, 9.17) is 0 Å². The molecule has 0 saturated carbocycles. The molecule has 0 aromatic heterocycles. The average Bonchev–Trinajstić information content (AvgIpc) is 2.93. The summed E-state index contributed by atoms with van der Waals surface area (Å²) in [7, 11) is 0. The molecule has 0 spiro atoms. The number of carbonyl (C=O) groups excluding carboxylic acids is 2. The lowest BCUT2D eigenvalue weighted by atomic mass is 10.3. The molecule has 0 aliphatic carbocycles. The van der Waals surface area contributed by atoms with E-state index in [1.54, 1.807) is 4.90 Å². The molecule has 0 radical (unpaired) electrons. The van der Waals surface area contributed by atoms with Crippen molar-refractivity contribution in [3.63, 3.8) is 0 Å². The molecule has 1 heterocycles. The van der Waals surface area contributed by atoms with Crippen LogP contribution in [0.4, 0.5) is 10.5 Å². The Labute approximate surface area is 125 Å². The Balaban J connectivity index is 1.78. The molecule has 0 bridgehead atoms. The molecule has 102 valence electrons. The van der Waals surface area contributed by atoms with Crippen LogP contribution >= 0.6 is 22.6 Å². The number of rotatable bonds is 3. The highest BCUT2D eigenvalue weighted by Gasteiger charge is 2.18. The van der Waals surface area contributed by atoms with Crippen molar-refractivity contribution in [2.75, 3.05) is 25.0 Å². The summed E-state index contributed by atoms with van der Waals surface area (Å²) in [6.45, 7) is 1.66. The van der Waals surface area contributed by atoms with Crippen molar-refractivity contribution in [2.24, 2.45) is 0 Å². The Kier molecular flexibility index (Phi) is 5.00. The lowest BCUT2D eigenvalue weighted by Crippen LogP contribution is -2.40. The fraction of sp³-hybridized carbons (Fsp3) is 0.385. The van der Waals surface area contributed by atoms with Gasteiger partial charge < -0.3 is 15.5 Å². The Morgan fingerprint density at radius 1 is 1.21 bits per heavy atom. The molecule has 19 heavy (non-hydrogen) atoms. The number of nitrogens with one attached hydrogen (secondary N) is 2. The number of anilines is 1. The molecule has 1 aromatic rings. The summed E-state index contributed by atoms with van der Waals surface area (Å²) in [5.41, 5.74) is 0.745. The summed E-state index contributed by atoms with van der Waals surface area (Å²) in [5.74, 6) is -0.0181. The minimum Gasteiger partial charge on any atom is -0.341 e. The summed E-state index contributed by atoms with van der Waals surface area (Å²) in [6, 6.07) is 7.14. The quantitative estimate of drug-likeness (QED) is 0.797. The van der Waals surface area contributed by atoms with Gasteiger partial charge in [0.1, 0.15) is 0 Å². The second-order valence-electron chi connectivity index (χ2n) is 4.38. The van der Waals surface area contributed by atoms with Crippen LogP contribution in [0, 0.1) is 3.57 Å². The van der Waals surface area contributed by atoms with Crippen LogP contribution in [0.1, 0.15) is 12.8 Å². The first-order valence-electron chi connectivity index (χ1n) is 6.24. The monoisotopic (exact) mass is 373 g/mol. The van der Waals surface area contributed by atoms with Gasteiger partial charge in [-0.3, -0.25) is 4.79 Å². The maximum atomic E-state index is 11.8. The van der Waals surface area contributed by atoms with Crippen molar-refractivity contribution < 1.29 is 9.59 Å². The van der Waals surface area contributed by atoms with Gasteiger partial charge >= 0.3 is 6.03 Å². The molecule has 0 unspecified atom stereocenters. The predicted molar refractivity (Wildman–Crippen MR) is 82.0 cm³/mol. The lowest BCUT2D eigenvalue weighted by Gasteiger charge is -2.15. The molecule has 3 amide bonds. The number of nitrogens with zero attached hydrogens (tertiary/aromatic N) is 1. The molecule has 2 N–H and O–H groups in total. The van der Waals surface area contributed by atoms with E-state index in [1.165, 1.54) is 0 Å². The van der Waals surface area contributed by atoms with Crippen LogP contribution in [0.3, 0.4) is 0 Å². The first-order chi connectivity index (χ1) is 9.16. The topological polar surface area (TPSA) is 61.4 Å². The molecule has 2 rings (SSSR count). The van der Waals surface area contributed by atoms with E-state index < -0.39 is 0 Å². The highest BCUT2D eigenvalue weighted by Crippen LogP contribution is 2.16. The van der Waals surface area contributed by atoms with Crippen LogP contribution in [0.5, 0.6) is 0 Å². The van der Waals surface area contributed by atoms with E-state index in [0.717, 1.165) is 35.2 Å². The predicted octanol–water partition coefficient (Wildman–Crippen LogP) is 2.04. The summed E-state index contributed by atoms with van der Waals surface area (Å²) in [4.78, 5) is 25.2. The zero-order valence-electron chi connectivity index (χ0n) is 10.5. The molecule has 1 fully saturated rings. The van der Waals surface area contributed by atoms with Crippen molar-refractivity contribution in [1.82, 2.24) is 10.2 Å². The van der Waals surface area contributed by atoms with Gasteiger partial charge in [-0.15, -0.1) is 0 Å². The Morgan fingerprint density at radius 3 is 2.58 bits per heavy atom. The van der Waals surface area contributed by atoms with Crippen LogP contribution in [-0.4, -0.2) is 36.5 Å². The average molecular weight is 373 g/mol. The molecular weight excluding hydrogens is 357 g/mol.